The first kappa shape index (κ1) is 23.5. The van der Waals surface area contributed by atoms with E-state index in [4.69, 9.17) is 14.2 Å². The van der Waals surface area contributed by atoms with Crippen molar-refractivity contribution in [2.75, 3.05) is 6.61 Å². The van der Waals surface area contributed by atoms with E-state index in [9.17, 15) is 4.79 Å². The van der Waals surface area contributed by atoms with Crippen LogP contribution in [0.3, 0.4) is 0 Å². The van der Waals surface area contributed by atoms with Crippen LogP contribution in [0.2, 0.25) is 0 Å². The third-order valence-electron chi connectivity index (χ3n) is 4.88. The quantitative estimate of drug-likeness (QED) is 0.152. The normalized spacial score (nSPS) is 12.0. The van der Waals surface area contributed by atoms with Crippen LogP contribution in [-0.2, 0) is 0 Å². The van der Waals surface area contributed by atoms with Crippen molar-refractivity contribution in [3.05, 3.63) is 66.4 Å². The molecule has 1 unspecified atom stereocenters. The van der Waals surface area contributed by atoms with Gasteiger partial charge in [-0.3, -0.25) is 0 Å². The van der Waals surface area contributed by atoms with E-state index in [1.165, 1.54) is 25.7 Å². The molecule has 4 nitrogen and oxygen atoms in total. The Bertz CT molecular complexity index is 763. The van der Waals surface area contributed by atoms with Crippen molar-refractivity contribution < 1.29 is 19.0 Å². The smallest absolute Gasteiger partial charge is 0.343 e. The van der Waals surface area contributed by atoms with Crippen LogP contribution in [0, 0.1) is 5.92 Å². The molecule has 162 valence electrons. The van der Waals surface area contributed by atoms with Gasteiger partial charge in [0.05, 0.1) is 18.4 Å². The standard InChI is InChI=1S/C26H34O4/c1-4-6-7-8-9-10-19-28-23-15-17-25(18-16-23)30-26(27)22-11-13-24(14-12-22)29-20-21(3)5-2/h10-19,21H,4-9,20H2,1-3H3. The highest BCUT2D eigenvalue weighted by Crippen LogP contribution is 2.20. The molecule has 1 atom stereocenters. The van der Waals surface area contributed by atoms with Gasteiger partial charge in [-0.05, 0) is 73.4 Å². The lowest BCUT2D eigenvalue weighted by molar-refractivity contribution is 0.0734. The summed E-state index contributed by atoms with van der Waals surface area (Å²) in [7, 11) is 0. The number of benzene rings is 2. The fourth-order valence-corrected chi connectivity index (χ4v) is 2.68. The minimum absolute atomic E-state index is 0.399. The van der Waals surface area contributed by atoms with Crippen molar-refractivity contribution in [2.45, 2.75) is 59.3 Å². The Balaban J connectivity index is 1.78. The van der Waals surface area contributed by atoms with Crippen molar-refractivity contribution >= 4 is 5.97 Å². The highest BCUT2D eigenvalue weighted by atomic mass is 16.5. The third-order valence-corrected chi connectivity index (χ3v) is 4.88. The minimum atomic E-state index is -0.399. The predicted octanol–water partition coefficient (Wildman–Crippen LogP) is 7.19. The SMILES string of the molecule is CCCCCCC=COc1ccc(OC(=O)c2ccc(OCC(C)CC)cc2)cc1. The number of hydrogen-bond donors (Lipinski definition) is 0. The van der Waals surface area contributed by atoms with Crippen LogP contribution < -0.4 is 14.2 Å². The van der Waals surface area contributed by atoms with Gasteiger partial charge in [-0.2, -0.15) is 0 Å². The molecule has 0 fully saturated rings. The molecule has 0 aromatic heterocycles. The molecule has 0 heterocycles. The summed E-state index contributed by atoms with van der Waals surface area (Å²) in [4.78, 5) is 12.3. The number of carbonyl (C=O) groups is 1. The Morgan fingerprint density at radius 3 is 2.23 bits per heavy atom. The fraction of sp³-hybridized carbons (Fsp3) is 0.423. The maximum absolute atomic E-state index is 12.3. The van der Waals surface area contributed by atoms with Gasteiger partial charge in [-0.15, -0.1) is 0 Å². The summed E-state index contributed by atoms with van der Waals surface area (Å²) in [5.41, 5.74) is 0.484. The van der Waals surface area contributed by atoms with Crippen molar-refractivity contribution in [1.82, 2.24) is 0 Å². The molecule has 0 saturated heterocycles. The summed E-state index contributed by atoms with van der Waals surface area (Å²) < 4.78 is 16.7. The summed E-state index contributed by atoms with van der Waals surface area (Å²) in [6.45, 7) is 7.16. The lowest BCUT2D eigenvalue weighted by atomic mass is 10.1. The second-order valence-electron chi connectivity index (χ2n) is 7.55. The van der Waals surface area contributed by atoms with Crippen LogP contribution in [-0.4, -0.2) is 12.6 Å². The predicted molar refractivity (Wildman–Crippen MR) is 121 cm³/mol. The van der Waals surface area contributed by atoms with Crippen LogP contribution in [0.1, 0.15) is 69.7 Å². The van der Waals surface area contributed by atoms with Crippen LogP contribution in [0.15, 0.2) is 60.9 Å². The molecule has 2 aromatic rings. The van der Waals surface area contributed by atoms with E-state index in [0.717, 1.165) is 18.6 Å². The van der Waals surface area contributed by atoms with E-state index in [2.05, 4.69) is 20.8 Å². The fourth-order valence-electron chi connectivity index (χ4n) is 2.68. The van der Waals surface area contributed by atoms with Crippen LogP contribution in [0.4, 0.5) is 0 Å². The summed E-state index contributed by atoms with van der Waals surface area (Å²) in [6, 6.07) is 14.1. The van der Waals surface area contributed by atoms with Gasteiger partial charge in [-0.25, -0.2) is 4.79 Å². The van der Waals surface area contributed by atoms with E-state index < -0.39 is 5.97 Å². The Labute approximate surface area is 180 Å². The number of ether oxygens (including phenoxy) is 3. The Morgan fingerprint density at radius 1 is 0.900 bits per heavy atom. The van der Waals surface area contributed by atoms with Gasteiger partial charge in [0.25, 0.3) is 0 Å². The average molecular weight is 411 g/mol. The molecule has 0 radical (unpaired) electrons. The summed E-state index contributed by atoms with van der Waals surface area (Å²) in [6.07, 6.45) is 10.8. The summed E-state index contributed by atoms with van der Waals surface area (Å²) in [5, 5.41) is 0. The third kappa shape index (κ3) is 8.73. The van der Waals surface area contributed by atoms with Gasteiger partial charge in [0, 0.05) is 0 Å². The first-order valence-corrected chi connectivity index (χ1v) is 11.0. The first-order chi connectivity index (χ1) is 14.6. The molecule has 0 N–H and O–H groups in total. The van der Waals surface area contributed by atoms with Crippen molar-refractivity contribution in [3.63, 3.8) is 0 Å². The Kier molecular flexibility index (Phi) is 10.6. The zero-order chi connectivity index (χ0) is 21.6. The molecule has 2 aromatic carbocycles. The Hall–Kier alpha value is -2.75. The average Bonchev–Trinajstić information content (AvgIpc) is 2.78. The number of unbranched alkanes of at least 4 members (excludes halogenated alkanes) is 4. The summed E-state index contributed by atoms with van der Waals surface area (Å²) >= 11 is 0. The highest BCUT2D eigenvalue weighted by molar-refractivity contribution is 5.91. The van der Waals surface area contributed by atoms with Gasteiger partial charge in [-0.1, -0.05) is 46.5 Å². The molecule has 0 spiro atoms. The lowest BCUT2D eigenvalue weighted by Crippen LogP contribution is -2.09. The number of esters is 1. The van der Waals surface area contributed by atoms with E-state index in [1.54, 1.807) is 54.8 Å². The second-order valence-corrected chi connectivity index (χ2v) is 7.55. The topological polar surface area (TPSA) is 44.8 Å². The minimum Gasteiger partial charge on any atom is -0.493 e. The number of hydrogen-bond acceptors (Lipinski definition) is 4. The van der Waals surface area contributed by atoms with Crippen LogP contribution >= 0.6 is 0 Å². The Morgan fingerprint density at radius 2 is 1.57 bits per heavy atom. The second kappa shape index (κ2) is 13.5. The molecule has 0 aliphatic heterocycles. The van der Waals surface area contributed by atoms with E-state index >= 15 is 0 Å². The van der Waals surface area contributed by atoms with Gasteiger partial charge in [0.2, 0.25) is 0 Å². The van der Waals surface area contributed by atoms with Gasteiger partial charge >= 0.3 is 5.97 Å². The summed E-state index contributed by atoms with van der Waals surface area (Å²) in [5.74, 6) is 2.05. The number of carbonyl (C=O) groups excluding carboxylic acids is 1. The zero-order valence-electron chi connectivity index (χ0n) is 18.4. The number of rotatable bonds is 13. The van der Waals surface area contributed by atoms with Crippen LogP contribution in [0.5, 0.6) is 17.2 Å². The maximum atomic E-state index is 12.3. The maximum Gasteiger partial charge on any atom is 0.343 e. The van der Waals surface area contributed by atoms with Gasteiger partial charge < -0.3 is 14.2 Å². The molecule has 30 heavy (non-hydrogen) atoms. The van der Waals surface area contributed by atoms with Gasteiger partial charge in [0.1, 0.15) is 17.2 Å². The monoisotopic (exact) mass is 410 g/mol. The molecule has 0 aliphatic rings. The van der Waals surface area contributed by atoms with Crippen molar-refractivity contribution in [1.29, 1.82) is 0 Å². The van der Waals surface area contributed by atoms with Crippen LogP contribution in [0.25, 0.3) is 0 Å². The molecule has 0 bridgehead atoms. The van der Waals surface area contributed by atoms with E-state index in [1.807, 2.05) is 6.08 Å². The molecular weight excluding hydrogens is 376 g/mol. The molecular formula is C26H34O4. The largest absolute Gasteiger partial charge is 0.493 e. The molecule has 0 aliphatic carbocycles. The molecule has 0 saturated carbocycles. The van der Waals surface area contributed by atoms with Crippen molar-refractivity contribution in [2.24, 2.45) is 5.92 Å². The first-order valence-electron chi connectivity index (χ1n) is 11.0. The molecule has 0 amide bonds. The van der Waals surface area contributed by atoms with E-state index in [-0.39, 0.29) is 0 Å². The van der Waals surface area contributed by atoms with Crippen molar-refractivity contribution in [3.8, 4) is 17.2 Å². The van der Waals surface area contributed by atoms with Gasteiger partial charge in [0.15, 0.2) is 0 Å². The van der Waals surface area contributed by atoms with E-state index in [0.29, 0.717) is 29.6 Å². The highest BCUT2D eigenvalue weighted by Gasteiger charge is 2.09. The number of allylic oxidation sites excluding steroid dienone is 1. The lowest BCUT2D eigenvalue weighted by Gasteiger charge is -2.11. The zero-order valence-corrected chi connectivity index (χ0v) is 18.4. The molecule has 2 rings (SSSR count). The molecule has 4 heteroatoms.